The molecule has 0 aromatic heterocycles. The molecule has 1 aromatic carbocycles. The quantitative estimate of drug-likeness (QED) is 0.470. The molecule has 2 amide bonds. The van der Waals surface area contributed by atoms with Crippen molar-refractivity contribution in [1.82, 2.24) is 4.90 Å². The van der Waals surface area contributed by atoms with Crippen LogP contribution in [0.5, 0.6) is 11.5 Å². The lowest BCUT2D eigenvalue weighted by Gasteiger charge is -2.11. The Bertz CT molecular complexity index is 709. The Morgan fingerprint density at radius 3 is 2.87 bits per heavy atom. The third-order valence-electron chi connectivity index (χ3n) is 3.49. The molecule has 1 aromatic rings. The summed E-state index contributed by atoms with van der Waals surface area (Å²) >= 11 is 0. The summed E-state index contributed by atoms with van der Waals surface area (Å²) in [5, 5.41) is 0. The van der Waals surface area contributed by atoms with Crippen LogP contribution in [0, 0.1) is 0 Å². The zero-order valence-corrected chi connectivity index (χ0v) is 12.5. The molecule has 0 saturated carbocycles. The number of nitrogens with zero attached hydrogens (tertiary/aromatic N) is 1. The van der Waals surface area contributed by atoms with Crippen molar-refractivity contribution in [2.24, 2.45) is 0 Å². The minimum Gasteiger partial charge on any atom is -0.465 e. The number of hydrogen-bond acceptors (Lipinski definition) is 6. The van der Waals surface area contributed by atoms with Crippen molar-refractivity contribution in [3.63, 3.8) is 0 Å². The van der Waals surface area contributed by atoms with Crippen LogP contribution >= 0.6 is 0 Å². The summed E-state index contributed by atoms with van der Waals surface area (Å²) < 4.78 is 15.3. The van der Waals surface area contributed by atoms with Crippen LogP contribution in [0.2, 0.25) is 0 Å². The van der Waals surface area contributed by atoms with E-state index in [2.05, 4.69) is 0 Å². The van der Waals surface area contributed by atoms with Crippen LogP contribution < -0.4 is 9.47 Å². The van der Waals surface area contributed by atoms with Gasteiger partial charge in [-0.1, -0.05) is 6.07 Å². The molecule has 0 N–H and O–H groups in total. The van der Waals surface area contributed by atoms with Crippen molar-refractivity contribution < 1.29 is 28.6 Å². The van der Waals surface area contributed by atoms with Gasteiger partial charge in [0, 0.05) is 5.57 Å². The second-order valence-corrected chi connectivity index (χ2v) is 5.05. The van der Waals surface area contributed by atoms with Gasteiger partial charge >= 0.3 is 5.97 Å². The average Bonchev–Trinajstić information content (AvgIpc) is 3.07. The van der Waals surface area contributed by atoms with Gasteiger partial charge in [0.1, 0.15) is 6.54 Å². The molecule has 0 aliphatic carbocycles. The molecule has 0 spiro atoms. The number of likely N-dealkylation sites (tertiary alicyclic amines) is 1. The number of carbonyl (C=O) groups is 3. The summed E-state index contributed by atoms with van der Waals surface area (Å²) in [6.07, 6.45) is 1.58. The van der Waals surface area contributed by atoms with Gasteiger partial charge in [-0.3, -0.25) is 19.3 Å². The number of ether oxygens (including phenoxy) is 3. The van der Waals surface area contributed by atoms with E-state index in [1.165, 1.54) is 0 Å². The van der Waals surface area contributed by atoms with Gasteiger partial charge in [-0.2, -0.15) is 0 Å². The van der Waals surface area contributed by atoms with E-state index in [1.807, 2.05) is 0 Å². The molecule has 2 aliphatic heterocycles. The first-order valence-electron chi connectivity index (χ1n) is 7.19. The molecule has 23 heavy (non-hydrogen) atoms. The highest BCUT2D eigenvalue weighted by Gasteiger charge is 2.35. The van der Waals surface area contributed by atoms with Crippen molar-refractivity contribution >= 4 is 23.9 Å². The molecule has 0 unspecified atom stereocenters. The van der Waals surface area contributed by atoms with E-state index in [4.69, 9.17) is 14.2 Å². The Balaban J connectivity index is 1.77. The SMILES string of the molecule is CCOC(=O)CN1C(=O)C/C(=C\c2ccc3c(c2)OCO3)C1=O. The fourth-order valence-electron chi connectivity index (χ4n) is 2.43. The second kappa shape index (κ2) is 6.12. The van der Waals surface area contributed by atoms with Crippen molar-refractivity contribution in [2.45, 2.75) is 13.3 Å². The summed E-state index contributed by atoms with van der Waals surface area (Å²) in [4.78, 5) is 36.6. The molecular weight excluding hydrogens is 302 g/mol. The van der Waals surface area contributed by atoms with Crippen LogP contribution in [-0.2, 0) is 19.1 Å². The van der Waals surface area contributed by atoms with Gasteiger partial charge in [-0.25, -0.2) is 0 Å². The van der Waals surface area contributed by atoms with Gasteiger partial charge in [0.15, 0.2) is 11.5 Å². The molecule has 7 nitrogen and oxygen atoms in total. The number of fused-ring (bicyclic) bond motifs is 1. The molecule has 0 atom stereocenters. The number of hydrogen-bond donors (Lipinski definition) is 0. The van der Waals surface area contributed by atoms with Gasteiger partial charge in [0.05, 0.1) is 13.0 Å². The highest BCUT2D eigenvalue weighted by molar-refractivity contribution is 6.16. The van der Waals surface area contributed by atoms with Gasteiger partial charge in [-0.05, 0) is 30.7 Å². The average molecular weight is 317 g/mol. The third-order valence-corrected chi connectivity index (χ3v) is 3.49. The first-order valence-corrected chi connectivity index (χ1v) is 7.19. The lowest BCUT2D eigenvalue weighted by atomic mass is 10.1. The molecule has 3 rings (SSSR count). The predicted octanol–water partition coefficient (Wildman–Crippen LogP) is 1.12. The largest absolute Gasteiger partial charge is 0.465 e. The number of imide groups is 1. The number of carbonyl (C=O) groups excluding carboxylic acids is 3. The van der Waals surface area contributed by atoms with Crippen LogP contribution in [0.1, 0.15) is 18.9 Å². The minimum absolute atomic E-state index is 0.0350. The molecule has 2 aliphatic rings. The topological polar surface area (TPSA) is 82.1 Å². The van der Waals surface area contributed by atoms with Gasteiger partial charge in [-0.15, -0.1) is 0 Å². The number of esters is 1. The molecule has 1 saturated heterocycles. The fourth-order valence-corrected chi connectivity index (χ4v) is 2.43. The van der Waals surface area contributed by atoms with E-state index in [1.54, 1.807) is 31.2 Å². The Labute approximate surface area is 132 Å². The molecule has 1 fully saturated rings. The summed E-state index contributed by atoms with van der Waals surface area (Å²) in [5.74, 6) is -0.237. The normalized spacial score (nSPS) is 18.0. The number of amides is 2. The standard InChI is InChI=1S/C16H15NO6/c1-2-21-15(19)8-17-14(18)7-11(16(17)20)5-10-3-4-12-13(6-10)23-9-22-12/h3-6H,2,7-9H2,1H3/b11-5+. The maximum absolute atomic E-state index is 12.3. The molecular formula is C16H15NO6. The van der Waals surface area contributed by atoms with Gasteiger partial charge in [0.25, 0.3) is 5.91 Å². The highest BCUT2D eigenvalue weighted by Crippen LogP contribution is 2.33. The number of rotatable bonds is 4. The van der Waals surface area contributed by atoms with Gasteiger partial charge in [0.2, 0.25) is 12.7 Å². The van der Waals surface area contributed by atoms with E-state index in [0.29, 0.717) is 17.1 Å². The lowest BCUT2D eigenvalue weighted by molar-refractivity contribution is -0.151. The zero-order chi connectivity index (χ0) is 16.4. The summed E-state index contributed by atoms with van der Waals surface area (Å²) in [7, 11) is 0. The fraction of sp³-hybridized carbons (Fsp3) is 0.312. The lowest BCUT2D eigenvalue weighted by Crippen LogP contribution is -2.35. The molecule has 120 valence electrons. The van der Waals surface area contributed by atoms with Crippen LogP contribution in [0.25, 0.3) is 6.08 Å². The Hall–Kier alpha value is -2.83. The molecule has 7 heteroatoms. The third kappa shape index (κ3) is 3.03. The van der Waals surface area contributed by atoms with Gasteiger partial charge < -0.3 is 14.2 Å². The maximum atomic E-state index is 12.3. The molecule has 0 bridgehead atoms. The summed E-state index contributed by atoms with van der Waals surface area (Å²) in [6.45, 7) is 1.68. The van der Waals surface area contributed by atoms with Crippen molar-refractivity contribution in [3.8, 4) is 11.5 Å². The van der Waals surface area contributed by atoms with E-state index < -0.39 is 17.8 Å². The predicted molar refractivity (Wildman–Crippen MR) is 78.5 cm³/mol. The molecule has 2 heterocycles. The monoisotopic (exact) mass is 317 g/mol. The van der Waals surface area contributed by atoms with Crippen molar-refractivity contribution in [2.75, 3.05) is 19.9 Å². The smallest absolute Gasteiger partial charge is 0.326 e. The van der Waals surface area contributed by atoms with Crippen LogP contribution in [0.15, 0.2) is 23.8 Å². The van der Waals surface area contributed by atoms with Crippen molar-refractivity contribution in [1.29, 1.82) is 0 Å². The van der Waals surface area contributed by atoms with E-state index >= 15 is 0 Å². The first kappa shape index (κ1) is 15.1. The maximum Gasteiger partial charge on any atom is 0.326 e. The van der Waals surface area contributed by atoms with Crippen LogP contribution in [0.4, 0.5) is 0 Å². The summed E-state index contributed by atoms with van der Waals surface area (Å²) in [5.41, 5.74) is 1.06. The van der Waals surface area contributed by atoms with Crippen LogP contribution in [0.3, 0.4) is 0 Å². The zero-order valence-electron chi connectivity index (χ0n) is 12.5. The van der Waals surface area contributed by atoms with E-state index in [-0.39, 0.29) is 26.4 Å². The minimum atomic E-state index is -0.599. The first-order chi connectivity index (χ1) is 11.1. The number of benzene rings is 1. The van der Waals surface area contributed by atoms with Crippen molar-refractivity contribution in [3.05, 3.63) is 29.3 Å². The highest BCUT2D eigenvalue weighted by atomic mass is 16.7. The van der Waals surface area contributed by atoms with E-state index in [9.17, 15) is 14.4 Å². The van der Waals surface area contributed by atoms with Crippen LogP contribution in [-0.4, -0.2) is 42.6 Å². The Morgan fingerprint density at radius 1 is 1.30 bits per heavy atom. The molecule has 0 radical (unpaired) electrons. The van der Waals surface area contributed by atoms with E-state index in [0.717, 1.165) is 10.5 Å². The Morgan fingerprint density at radius 2 is 2.09 bits per heavy atom. The Kier molecular flexibility index (Phi) is 4.01. The summed E-state index contributed by atoms with van der Waals surface area (Å²) in [6, 6.07) is 5.25. The second-order valence-electron chi connectivity index (χ2n) is 5.05.